The number of nitrogens with zero attached hydrogens (tertiary/aromatic N) is 1. The predicted molar refractivity (Wildman–Crippen MR) is 70.1 cm³/mol. The first-order chi connectivity index (χ1) is 9.66. The summed E-state index contributed by atoms with van der Waals surface area (Å²) in [6.07, 6.45) is 0.325. The first-order valence-electron chi connectivity index (χ1n) is 6.47. The first kappa shape index (κ1) is 13.1. The number of hydrogen-bond donors (Lipinski definition) is 1. The number of carbonyl (C=O) groups excluding carboxylic acids is 1. The zero-order valence-electron chi connectivity index (χ0n) is 11.5. The summed E-state index contributed by atoms with van der Waals surface area (Å²) in [7, 11) is 3.15. The number of hydrogen-bond acceptors (Lipinski definition) is 5. The van der Waals surface area contributed by atoms with Gasteiger partial charge in [0, 0.05) is 6.54 Å². The monoisotopic (exact) mass is 279 g/mol. The quantitative estimate of drug-likeness (QED) is 0.890. The smallest absolute Gasteiger partial charge is 0.410 e. The molecule has 6 nitrogen and oxygen atoms in total. The van der Waals surface area contributed by atoms with E-state index in [1.165, 1.54) is 0 Å². The van der Waals surface area contributed by atoms with Crippen LogP contribution in [0.4, 0.5) is 4.79 Å². The molecule has 0 saturated carbocycles. The number of methoxy groups -OCH3 is 2. The van der Waals surface area contributed by atoms with E-state index in [-0.39, 0.29) is 19.3 Å². The number of carbonyl (C=O) groups is 1. The maximum Gasteiger partial charge on any atom is 0.410 e. The number of aliphatic hydroxyl groups excluding tert-OH is 1. The first-order valence-corrected chi connectivity index (χ1v) is 6.47. The lowest BCUT2D eigenvalue weighted by Crippen LogP contribution is -2.51. The van der Waals surface area contributed by atoms with Gasteiger partial charge in [-0.1, -0.05) is 0 Å². The fourth-order valence-electron chi connectivity index (χ4n) is 3.05. The molecule has 1 amide bonds. The van der Waals surface area contributed by atoms with Crippen molar-refractivity contribution in [2.75, 3.05) is 34.0 Å². The number of fused-ring (bicyclic) bond motifs is 3. The van der Waals surface area contributed by atoms with Crippen molar-refractivity contribution in [1.29, 1.82) is 0 Å². The third kappa shape index (κ3) is 1.57. The Morgan fingerprint density at radius 1 is 1.35 bits per heavy atom. The molecule has 2 aliphatic rings. The van der Waals surface area contributed by atoms with Gasteiger partial charge in [-0.05, 0) is 29.7 Å². The molecule has 1 atom stereocenters. The Bertz CT molecular complexity index is 559. The van der Waals surface area contributed by atoms with Gasteiger partial charge in [-0.25, -0.2) is 4.79 Å². The number of benzene rings is 1. The van der Waals surface area contributed by atoms with E-state index in [0.717, 1.165) is 11.1 Å². The molecule has 1 N–H and O–H groups in total. The molecule has 6 heteroatoms. The molecular formula is C14H17NO5. The number of amides is 1. The van der Waals surface area contributed by atoms with Gasteiger partial charge in [-0.2, -0.15) is 0 Å². The fourth-order valence-corrected chi connectivity index (χ4v) is 3.05. The van der Waals surface area contributed by atoms with E-state index >= 15 is 0 Å². The molecule has 1 fully saturated rings. The second kappa shape index (κ2) is 4.56. The van der Waals surface area contributed by atoms with Gasteiger partial charge < -0.3 is 19.3 Å². The summed E-state index contributed by atoms with van der Waals surface area (Å²) in [6.45, 7) is 0.508. The van der Waals surface area contributed by atoms with Crippen LogP contribution in [0.5, 0.6) is 11.5 Å². The number of cyclic esters (lactones) is 1. The molecule has 108 valence electrons. The average molecular weight is 279 g/mol. The highest BCUT2D eigenvalue weighted by Gasteiger charge is 2.51. The van der Waals surface area contributed by atoms with Gasteiger partial charge in [0.25, 0.3) is 0 Å². The summed E-state index contributed by atoms with van der Waals surface area (Å²) >= 11 is 0. The molecule has 2 heterocycles. The van der Waals surface area contributed by atoms with Crippen LogP contribution in [0.3, 0.4) is 0 Å². The molecule has 3 rings (SSSR count). The fraction of sp³-hybridized carbons (Fsp3) is 0.500. The topological polar surface area (TPSA) is 68.2 Å². The van der Waals surface area contributed by atoms with Crippen molar-refractivity contribution in [3.63, 3.8) is 0 Å². The van der Waals surface area contributed by atoms with Crippen molar-refractivity contribution in [3.05, 3.63) is 23.3 Å². The van der Waals surface area contributed by atoms with Crippen molar-refractivity contribution < 1.29 is 24.1 Å². The molecular weight excluding hydrogens is 262 g/mol. The Morgan fingerprint density at radius 3 is 2.70 bits per heavy atom. The average Bonchev–Trinajstić information content (AvgIpc) is 2.83. The van der Waals surface area contributed by atoms with Crippen LogP contribution < -0.4 is 9.47 Å². The highest BCUT2D eigenvalue weighted by molar-refractivity contribution is 5.73. The lowest BCUT2D eigenvalue weighted by atomic mass is 9.82. The maximum absolute atomic E-state index is 11.8. The summed E-state index contributed by atoms with van der Waals surface area (Å²) in [5.41, 5.74) is 1.12. The van der Waals surface area contributed by atoms with Crippen LogP contribution in [0.1, 0.15) is 11.1 Å². The van der Waals surface area contributed by atoms with Crippen LogP contribution in [-0.4, -0.2) is 50.1 Å². The van der Waals surface area contributed by atoms with Gasteiger partial charge in [-0.3, -0.25) is 4.90 Å². The molecule has 1 aromatic rings. The SMILES string of the molecule is COc1cc2c(cc1OC)C1(CO)COC(=O)N1CC2. The van der Waals surface area contributed by atoms with Crippen molar-refractivity contribution in [2.24, 2.45) is 0 Å². The van der Waals surface area contributed by atoms with E-state index in [2.05, 4.69) is 0 Å². The number of ether oxygens (including phenoxy) is 3. The second-order valence-corrected chi connectivity index (χ2v) is 5.01. The summed E-state index contributed by atoms with van der Waals surface area (Å²) < 4.78 is 15.8. The Morgan fingerprint density at radius 2 is 2.05 bits per heavy atom. The summed E-state index contributed by atoms with van der Waals surface area (Å²) in [4.78, 5) is 13.4. The van der Waals surface area contributed by atoms with Gasteiger partial charge in [0.05, 0.1) is 20.8 Å². The van der Waals surface area contributed by atoms with Gasteiger partial charge >= 0.3 is 6.09 Å². The van der Waals surface area contributed by atoms with E-state index < -0.39 is 5.54 Å². The van der Waals surface area contributed by atoms with Gasteiger partial charge in [0.15, 0.2) is 11.5 Å². The third-order valence-corrected chi connectivity index (χ3v) is 4.15. The minimum atomic E-state index is -0.801. The van der Waals surface area contributed by atoms with Crippen molar-refractivity contribution in [2.45, 2.75) is 12.0 Å². The van der Waals surface area contributed by atoms with Gasteiger partial charge in [-0.15, -0.1) is 0 Å². The van der Waals surface area contributed by atoms with E-state index in [1.54, 1.807) is 19.1 Å². The van der Waals surface area contributed by atoms with Crippen LogP contribution in [0, 0.1) is 0 Å². The highest BCUT2D eigenvalue weighted by atomic mass is 16.6. The van der Waals surface area contributed by atoms with E-state index in [1.807, 2.05) is 12.1 Å². The zero-order chi connectivity index (χ0) is 14.3. The molecule has 0 radical (unpaired) electrons. The molecule has 0 aromatic heterocycles. The summed E-state index contributed by atoms with van der Waals surface area (Å²) in [6, 6.07) is 3.74. The van der Waals surface area contributed by atoms with Gasteiger partial charge in [0.1, 0.15) is 12.1 Å². The van der Waals surface area contributed by atoms with Crippen molar-refractivity contribution in [3.8, 4) is 11.5 Å². The molecule has 1 aromatic carbocycles. The zero-order valence-corrected chi connectivity index (χ0v) is 11.5. The molecule has 0 bridgehead atoms. The Labute approximate surface area is 116 Å². The summed E-state index contributed by atoms with van der Waals surface area (Å²) in [5.74, 6) is 1.23. The lowest BCUT2D eigenvalue weighted by Gasteiger charge is -2.39. The second-order valence-electron chi connectivity index (χ2n) is 5.01. The molecule has 20 heavy (non-hydrogen) atoms. The lowest BCUT2D eigenvalue weighted by molar-refractivity contribution is 0.0751. The third-order valence-electron chi connectivity index (χ3n) is 4.15. The summed E-state index contributed by atoms with van der Waals surface area (Å²) in [5, 5.41) is 9.86. The normalized spacial score (nSPS) is 23.9. The molecule has 1 unspecified atom stereocenters. The molecule has 1 saturated heterocycles. The Balaban J connectivity index is 2.17. The van der Waals surface area contributed by atoms with Crippen LogP contribution in [-0.2, 0) is 16.7 Å². The number of rotatable bonds is 3. The van der Waals surface area contributed by atoms with Crippen molar-refractivity contribution >= 4 is 6.09 Å². The molecule has 2 aliphatic heterocycles. The van der Waals surface area contributed by atoms with E-state index in [4.69, 9.17) is 14.2 Å². The standard InChI is InChI=1S/C14H17NO5/c1-18-11-5-9-3-4-15-13(17)20-8-14(15,7-16)10(9)6-12(11)19-2/h5-6,16H,3-4,7-8H2,1-2H3. The molecule has 0 aliphatic carbocycles. The maximum atomic E-state index is 11.8. The van der Waals surface area contributed by atoms with Gasteiger partial charge in [0.2, 0.25) is 0 Å². The van der Waals surface area contributed by atoms with E-state index in [9.17, 15) is 9.90 Å². The molecule has 0 spiro atoms. The minimum absolute atomic E-state index is 0.158. The van der Waals surface area contributed by atoms with Crippen LogP contribution in [0.2, 0.25) is 0 Å². The van der Waals surface area contributed by atoms with Crippen LogP contribution >= 0.6 is 0 Å². The van der Waals surface area contributed by atoms with Crippen LogP contribution in [0.25, 0.3) is 0 Å². The van der Waals surface area contributed by atoms with E-state index in [0.29, 0.717) is 24.5 Å². The predicted octanol–water partition coefficient (Wildman–Crippen LogP) is 0.900. The highest BCUT2D eigenvalue weighted by Crippen LogP contribution is 2.44. The Kier molecular flexibility index (Phi) is 2.97. The van der Waals surface area contributed by atoms with Crippen molar-refractivity contribution in [1.82, 2.24) is 4.90 Å². The Hall–Kier alpha value is -1.95. The minimum Gasteiger partial charge on any atom is -0.493 e. The number of aliphatic hydroxyl groups is 1. The largest absolute Gasteiger partial charge is 0.493 e. The van der Waals surface area contributed by atoms with Crippen LogP contribution in [0.15, 0.2) is 12.1 Å².